The Morgan fingerprint density at radius 2 is 2.06 bits per heavy atom. The second-order valence-corrected chi connectivity index (χ2v) is 8.15. The maximum Gasteiger partial charge on any atom is 0.339 e. The van der Waals surface area contributed by atoms with Crippen LogP contribution < -0.4 is 4.90 Å². The molecule has 4 rings (SSSR count). The van der Waals surface area contributed by atoms with Crippen LogP contribution in [0.15, 0.2) is 59.3 Å². The Morgan fingerprint density at radius 1 is 1.26 bits per heavy atom. The van der Waals surface area contributed by atoms with Crippen LogP contribution in [0, 0.1) is 0 Å². The molecule has 1 unspecified atom stereocenters. The molecule has 2 N–H and O–H groups in total. The molecule has 0 radical (unpaired) electrons. The highest BCUT2D eigenvalue weighted by Gasteiger charge is 2.36. The highest BCUT2D eigenvalue weighted by Crippen LogP contribution is 2.28. The van der Waals surface area contributed by atoms with Gasteiger partial charge in [-0.2, -0.15) is 0 Å². The zero-order valence-corrected chi connectivity index (χ0v) is 17.4. The smallest absolute Gasteiger partial charge is 0.339 e. The number of anilines is 1. The zero-order chi connectivity index (χ0) is 21.8. The Morgan fingerprint density at radius 3 is 2.84 bits per heavy atom. The van der Waals surface area contributed by atoms with Crippen LogP contribution >= 0.6 is 0 Å². The van der Waals surface area contributed by atoms with Crippen molar-refractivity contribution in [2.45, 2.75) is 25.0 Å². The van der Waals surface area contributed by atoms with Gasteiger partial charge in [-0.25, -0.2) is 9.78 Å². The van der Waals surface area contributed by atoms with Crippen LogP contribution in [0.25, 0.3) is 11.3 Å². The second-order valence-electron chi connectivity index (χ2n) is 8.15. The van der Waals surface area contributed by atoms with Crippen molar-refractivity contribution in [1.82, 2.24) is 15.0 Å². The topological polar surface area (TPSA) is 103 Å². The zero-order valence-electron chi connectivity index (χ0n) is 17.4. The van der Waals surface area contributed by atoms with E-state index in [-0.39, 0.29) is 5.56 Å². The number of hydrogen-bond acceptors (Lipinski definition) is 7. The van der Waals surface area contributed by atoms with Crippen molar-refractivity contribution in [2.24, 2.45) is 0 Å². The van der Waals surface area contributed by atoms with E-state index in [9.17, 15) is 15.0 Å². The van der Waals surface area contributed by atoms with Gasteiger partial charge in [-0.15, -0.1) is 0 Å². The number of nitrogens with zero attached hydrogens (tertiary/aromatic N) is 4. The number of benzene rings is 1. The van der Waals surface area contributed by atoms with Crippen LogP contribution in [0.5, 0.6) is 0 Å². The van der Waals surface area contributed by atoms with Crippen molar-refractivity contribution in [2.75, 3.05) is 31.6 Å². The molecule has 8 heteroatoms. The molecule has 0 bridgehead atoms. The summed E-state index contributed by atoms with van der Waals surface area (Å²) in [4.78, 5) is 19.7. The predicted molar refractivity (Wildman–Crippen MR) is 116 cm³/mol. The molecule has 162 valence electrons. The van der Waals surface area contributed by atoms with Gasteiger partial charge in [0.05, 0.1) is 12.1 Å². The molecular formula is C23H26N4O4. The fourth-order valence-corrected chi connectivity index (χ4v) is 4.19. The van der Waals surface area contributed by atoms with E-state index >= 15 is 0 Å². The van der Waals surface area contributed by atoms with Crippen LogP contribution in [-0.4, -0.2) is 63.5 Å². The Kier molecular flexibility index (Phi) is 6.01. The normalized spacial score (nSPS) is 19.0. The van der Waals surface area contributed by atoms with Gasteiger partial charge in [0.2, 0.25) is 0 Å². The number of aromatic nitrogens is 2. The first kappa shape index (κ1) is 21.0. The maximum absolute atomic E-state index is 11.6. The summed E-state index contributed by atoms with van der Waals surface area (Å²) in [7, 11) is 1.92. The van der Waals surface area contributed by atoms with Crippen LogP contribution in [0.4, 0.5) is 5.82 Å². The van der Waals surface area contributed by atoms with Crippen molar-refractivity contribution >= 4 is 11.8 Å². The van der Waals surface area contributed by atoms with Gasteiger partial charge in [0.15, 0.2) is 5.76 Å². The molecule has 0 saturated carbocycles. The summed E-state index contributed by atoms with van der Waals surface area (Å²) in [6.45, 7) is 1.90. The molecule has 1 saturated heterocycles. The molecule has 1 aromatic carbocycles. The first-order valence-corrected chi connectivity index (χ1v) is 10.3. The SMILES string of the molecule is CN(Cc1cc(-c2ccccc2)no1)CC1(O)CCCN(c2ncccc2C(=O)O)C1. The van der Waals surface area contributed by atoms with E-state index in [1.807, 2.05) is 53.2 Å². The molecule has 0 amide bonds. The van der Waals surface area contributed by atoms with Gasteiger partial charge in [0.25, 0.3) is 0 Å². The lowest BCUT2D eigenvalue weighted by Crippen LogP contribution is -2.54. The van der Waals surface area contributed by atoms with Crippen molar-refractivity contribution < 1.29 is 19.5 Å². The number of rotatable bonds is 7. The van der Waals surface area contributed by atoms with Gasteiger partial charge in [-0.3, -0.25) is 4.90 Å². The Bertz CT molecular complexity index is 1040. The molecule has 0 aliphatic carbocycles. The van der Waals surface area contributed by atoms with Gasteiger partial charge >= 0.3 is 5.97 Å². The Labute approximate surface area is 180 Å². The van der Waals surface area contributed by atoms with Crippen molar-refractivity contribution in [1.29, 1.82) is 0 Å². The molecule has 1 aliphatic heterocycles. The highest BCUT2D eigenvalue weighted by molar-refractivity contribution is 5.93. The lowest BCUT2D eigenvalue weighted by Gasteiger charge is -2.41. The van der Waals surface area contributed by atoms with E-state index in [1.54, 1.807) is 18.3 Å². The second kappa shape index (κ2) is 8.87. The number of β-amino-alcohol motifs (C(OH)–C–C–N with tert-alkyl or cyclic N) is 1. The summed E-state index contributed by atoms with van der Waals surface area (Å²) in [5, 5.41) is 24.9. The molecule has 1 aliphatic rings. The van der Waals surface area contributed by atoms with Gasteiger partial charge in [-0.1, -0.05) is 35.5 Å². The molecule has 3 aromatic rings. The molecule has 2 aromatic heterocycles. The summed E-state index contributed by atoms with van der Waals surface area (Å²) >= 11 is 0. The number of pyridine rings is 1. The van der Waals surface area contributed by atoms with Gasteiger partial charge in [0.1, 0.15) is 17.1 Å². The largest absolute Gasteiger partial charge is 0.478 e. The first-order chi connectivity index (χ1) is 14.9. The van der Waals surface area contributed by atoms with Gasteiger partial charge in [0, 0.05) is 37.5 Å². The molecule has 8 nitrogen and oxygen atoms in total. The molecule has 1 fully saturated rings. The fourth-order valence-electron chi connectivity index (χ4n) is 4.19. The fraction of sp³-hybridized carbons (Fsp3) is 0.348. The average Bonchev–Trinajstić information content (AvgIpc) is 3.22. The van der Waals surface area contributed by atoms with Crippen LogP contribution in [0.2, 0.25) is 0 Å². The minimum atomic E-state index is -1.02. The summed E-state index contributed by atoms with van der Waals surface area (Å²) < 4.78 is 5.49. The number of likely N-dealkylation sites (N-methyl/N-ethyl adjacent to an activating group) is 1. The van der Waals surface area contributed by atoms with Crippen LogP contribution in [0.3, 0.4) is 0 Å². The molecule has 3 heterocycles. The van der Waals surface area contributed by atoms with E-state index in [2.05, 4.69) is 10.1 Å². The lowest BCUT2D eigenvalue weighted by atomic mass is 9.92. The maximum atomic E-state index is 11.6. The minimum Gasteiger partial charge on any atom is -0.478 e. The highest BCUT2D eigenvalue weighted by atomic mass is 16.5. The summed E-state index contributed by atoms with van der Waals surface area (Å²) in [6, 6.07) is 14.9. The summed E-state index contributed by atoms with van der Waals surface area (Å²) in [6.07, 6.45) is 2.96. The van der Waals surface area contributed by atoms with Crippen LogP contribution in [0.1, 0.15) is 29.0 Å². The standard InChI is InChI=1S/C23H26N4O4/c1-26(14-18-13-20(25-31-18)17-7-3-2-4-8-17)15-23(30)10-6-12-27(16-23)21-19(22(28)29)9-5-11-24-21/h2-5,7-9,11,13,30H,6,10,12,14-16H2,1H3,(H,28,29). The third-order valence-corrected chi connectivity index (χ3v) is 5.49. The van der Waals surface area contributed by atoms with Crippen molar-refractivity contribution in [3.8, 4) is 11.3 Å². The third kappa shape index (κ3) is 4.92. The average molecular weight is 422 g/mol. The van der Waals surface area contributed by atoms with E-state index in [1.165, 1.54) is 0 Å². The third-order valence-electron chi connectivity index (χ3n) is 5.49. The number of piperidine rings is 1. The van der Waals surface area contributed by atoms with Gasteiger partial charge in [-0.05, 0) is 32.0 Å². The van der Waals surface area contributed by atoms with Gasteiger partial charge < -0.3 is 19.6 Å². The van der Waals surface area contributed by atoms with E-state index in [4.69, 9.17) is 4.52 Å². The molecule has 0 spiro atoms. The van der Waals surface area contributed by atoms with E-state index < -0.39 is 11.6 Å². The Balaban J connectivity index is 1.42. The quantitative estimate of drug-likeness (QED) is 0.599. The molecule has 31 heavy (non-hydrogen) atoms. The predicted octanol–water partition coefficient (Wildman–Crippen LogP) is 2.90. The number of carbonyl (C=O) groups is 1. The number of aromatic carboxylic acids is 1. The number of carboxylic acid groups (broad SMARTS) is 1. The van der Waals surface area contributed by atoms with Crippen molar-refractivity contribution in [3.63, 3.8) is 0 Å². The number of hydrogen-bond donors (Lipinski definition) is 2. The van der Waals surface area contributed by atoms with E-state index in [0.29, 0.717) is 38.4 Å². The first-order valence-electron chi connectivity index (χ1n) is 10.3. The van der Waals surface area contributed by atoms with E-state index in [0.717, 1.165) is 23.4 Å². The minimum absolute atomic E-state index is 0.148. The Hall–Kier alpha value is -3.23. The van der Waals surface area contributed by atoms with Crippen LogP contribution in [-0.2, 0) is 6.54 Å². The van der Waals surface area contributed by atoms with Crippen molar-refractivity contribution in [3.05, 3.63) is 66.1 Å². The molecular weight excluding hydrogens is 396 g/mol. The summed E-state index contributed by atoms with van der Waals surface area (Å²) in [5.41, 5.74) is 0.937. The summed E-state index contributed by atoms with van der Waals surface area (Å²) in [5.74, 6) is 0.0999. The number of carboxylic acids is 1. The monoisotopic (exact) mass is 422 g/mol. The lowest BCUT2D eigenvalue weighted by molar-refractivity contribution is -0.00500. The number of aliphatic hydroxyl groups is 1. The molecule has 1 atom stereocenters.